The number of benzene rings is 1. The predicted molar refractivity (Wildman–Crippen MR) is 66.7 cm³/mol. The van der Waals surface area contributed by atoms with Crippen LogP contribution in [0.25, 0.3) is 5.69 Å². The fourth-order valence-electron chi connectivity index (χ4n) is 1.76. The largest absolute Gasteiger partial charge is 0.397 e. The van der Waals surface area contributed by atoms with Gasteiger partial charge in [0.1, 0.15) is 5.82 Å². The molecule has 0 saturated carbocycles. The zero-order chi connectivity index (χ0) is 11.8. The lowest BCUT2D eigenvalue weighted by molar-refractivity contribution is 0.536. The number of nitrogen functional groups attached to an aromatic ring is 1. The first-order chi connectivity index (χ1) is 7.50. The van der Waals surface area contributed by atoms with Crippen molar-refractivity contribution in [1.82, 2.24) is 9.55 Å². The molecule has 1 heterocycles. The quantitative estimate of drug-likeness (QED) is 0.743. The van der Waals surface area contributed by atoms with Crippen molar-refractivity contribution in [3.05, 3.63) is 42.5 Å². The van der Waals surface area contributed by atoms with E-state index in [1.807, 2.05) is 36.7 Å². The van der Waals surface area contributed by atoms with E-state index < -0.39 is 0 Å². The normalized spacial score (nSPS) is 11.7. The number of rotatable bonds is 1. The smallest absolute Gasteiger partial charge is 0.118 e. The van der Waals surface area contributed by atoms with Crippen LogP contribution in [0, 0.1) is 0 Å². The first-order valence-corrected chi connectivity index (χ1v) is 5.39. The number of nitrogens with zero attached hydrogens (tertiary/aromatic N) is 2. The first kappa shape index (κ1) is 10.7. The fraction of sp³-hybridized carbons (Fsp3) is 0.308. The summed E-state index contributed by atoms with van der Waals surface area (Å²) in [6, 6.07) is 7.83. The van der Waals surface area contributed by atoms with Crippen LogP contribution in [0.15, 0.2) is 36.7 Å². The lowest BCUT2D eigenvalue weighted by Crippen LogP contribution is -2.18. The average molecular weight is 215 g/mol. The molecule has 0 bridgehead atoms. The molecule has 0 aliphatic rings. The third kappa shape index (κ3) is 1.81. The summed E-state index contributed by atoms with van der Waals surface area (Å²) >= 11 is 0. The van der Waals surface area contributed by atoms with Crippen LogP contribution in [0.2, 0.25) is 0 Å². The van der Waals surface area contributed by atoms with E-state index in [0.717, 1.165) is 17.2 Å². The summed E-state index contributed by atoms with van der Waals surface area (Å²) in [5, 5.41) is 0. The Hall–Kier alpha value is -1.77. The molecular weight excluding hydrogens is 198 g/mol. The number of para-hydroxylation sites is 2. The molecule has 0 aliphatic heterocycles. The summed E-state index contributed by atoms with van der Waals surface area (Å²) in [5.41, 5.74) is 7.74. The minimum absolute atomic E-state index is 0.00574. The van der Waals surface area contributed by atoms with E-state index in [4.69, 9.17) is 5.73 Å². The second-order valence-corrected chi connectivity index (χ2v) is 4.93. The third-order valence-corrected chi connectivity index (χ3v) is 2.51. The van der Waals surface area contributed by atoms with E-state index in [1.165, 1.54) is 0 Å². The maximum Gasteiger partial charge on any atom is 0.118 e. The monoisotopic (exact) mass is 215 g/mol. The minimum Gasteiger partial charge on any atom is -0.397 e. The van der Waals surface area contributed by atoms with Crippen molar-refractivity contribution in [1.29, 1.82) is 0 Å². The predicted octanol–water partition coefficient (Wildman–Crippen LogP) is 2.75. The zero-order valence-corrected chi connectivity index (χ0v) is 9.94. The molecule has 3 nitrogen and oxygen atoms in total. The standard InChI is InChI=1S/C13H17N3/c1-13(2,3)12-15-8-9-16(12)11-7-5-4-6-10(11)14/h4-9H,14H2,1-3H3. The van der Waals surface area contributed by atoms with Crippen molar-refractivity contribution in [3.8, 4) is 5.69 Å². The number of hydrogen-bond acceptors (Lipinski definition) is 2. The number of aromatic nitrogens is 2. The summed E-state index contributed by atoms with van der Waals surface area (Å²) in [7, 11) is 0. The molecule has 3 heteroatoms. The molecule has 16 heavy (non-hydrogen) atoms. The Morgan fingerprint density at radius 1 is 1.19 bits per heavy atom. The van der Waals surface area contributed by atoms with Gasteiger partial charge in [0.05, 0.1) is 11.4 Å². The number of hydrogen-bond donors (Lipinski definition) is 1. The molecule has 2 aromatic rings. The Labute approximate surface area is 95.9 Å². The van der Waals surface area contributed by atoms with Crippen molar-refractivity contribution in [3.63, 3.8) is 0 Å². The van der Waals surface area contributed by atoms with Gasteiger partial charge >= 0.3 is 0 Å². The molecule has 0 fully saturated rings. The van der Waals surface area contributed by atoms with Gasteiger partial charge in [0, 0.05) is 17.8 Å². The highest BCUT2D eigenvalue weighted by atomic mass is 15.1. The van der Waals surface area contributed by atoms with Crippen LogP contribution < -0.4 is 5.73 Å². The van der Waals surface area contributed by atoms with Crippen LogP contribution in [-0.2, 0) is 5.41 Å². The lowest BCUT2D eigenvalue weighted by atomic mass is 9.95. The molecule has 2 rings (SSSR count). The summed E-state index contributed by atoms with van der Waals surface area (Å²) in [4.78, 5) is 4.41. The zero-order valence-electron chi connectivity index (χ0n) is 9.94. The van der Waals surface area contributed by atoms with Crippen LogP contribution in [0.5, 0.6) is 0 Å². The van der Waals surface area contributed by atoms with E-state index >= 15 is 0 Å². The van der Waals surface area contributed by atoms with E-state index in [9.17, 15) is 0 Å². The topological polar surface area (TPSA) is 43.8 Å². The van der Waals surface area contributed by atoms with Gasteiger partial charge < -0.3 is 10.3 Å². The Kier molecular flexibility index (Phi) is 2.46. The van der Waals surface area contributed by atoms with Crippen LogP contribution >= 0.6 is 0 Å². The minimum atomic E-state index is 0.00574. The molecular formula is C13H17N3. The molecule has 0 spiro atoms. The maximum absolute atomic E-state index is 5.98. The van der Waals surface area contributed by atoms with Gasteiger partial charge in [-0.25, -0.2) is 4.98 Å². The van der Waals surface area contributed by atoms with Gasteiger partial charge in [-0.2, -0.15) is 0 Å². The van der Waals surface area contributed by atoms with Gasteiger partial charge in [0.15, 0.2) is 0 Å². The molecule has 2 N–H and O–H groups in total. The highest BCUT2D eigenvalue weighted by Gasteiger charge is 2.20. The van der Waals surface area contributed by atoms with E-state index in [2.05, 4.69) is 30.3 Å². The molecule has 0 unspecified atom stereocenters. The van der Waals surface area contributed by atoms with Crippen molar-refractivity contribution in [2.45, 2.75) is 26.2 Å². The van der Waals surface area contributed by atoms with Crippen molar-refractivity contribution < 1.29 is 0 Å². The van der Waals surface area contributed by atoms with Gasteiger partial charge in [-0.1, -0.05) is 32.9 Å². The number of nitrogens with two attached hydrogens (primary N) is 1. The Balaban J connectivity index is 2.58. The molecule has 0 atom stereocenters. The summed E-state index contributed by atoms with van der Waals surface area (Å²) in [6.45, 7) is 6.43. The summed E-state index contributed by atoms with van der Waals surface area (Å²) in [5.74, 6) is 1.02. The molecule has 1 aromatic heterocycles. The van der Waals surface area contributed by atoms with Crippen molar-refractivity contribution in [2.75, 3.05) is 5.73 Å². The fourth-order valence-corrected chi connectivity index (χ4v) is 1.76. The van der Waals surface area contributed by atoms with E-state index in [-0.39, 0.29) is 5.41 Å². The van der Waals surface area contributed by atoms with Crippen molar-refractivity contribution in [2.24, 2.45) is 0 Å². The molecule has 0 amide bonds. The van der Waals surface area contributed by atoms with Gasteiger partial charge in [-0.05, 0) is 12.1 Å². The highest BCUT2D eigenvalue weighted by Crippen LogP contribution is 2.25. The van der Waals surface area contributed by atoms with Gasteiger partial charge in [-0.3, -0.25) is 0 Å². The van der Waals surface area contributed by atoms with Gasteiger partial charge in [0.25, 0.3) is 0 Å². The van der Waals surface area contributed by atoms with Crippen LogP contribution in [0.4, 0.5) is 5.69 Å². The Morgan fingerprint density at radius 3 is 2.50 bits per heavy atom. The third-order valence-electron chi connectivity index (χ3n) is 2.51. The first-order valence-electron chi connectivity index (χ1n) is 5.39. The molecule has 0 aliphatic carbocycles. The molecule has 1 aromatic carbocycles. The molecule has 84 valence electrons. The number of anilines is 1. The van der Waals surface area contributed by atoms with Crippen molar-refractivity contribution >= 4 is 5.69 Å². The Bertz CT molecular complexity index is 492. The average Bonchev–Trinajstić information content (AvgIpc) is 2.66. The molecule has 0 saturated heterocycles. The van der Waals surface area contributed by atoms with Crippen LogP contribution in [-0.4, -0.2) is 9.55 Å². The second kappa shape index (κ2) is 3.67. The SMILES string of the molecule is CC(C)(C)c1nccn1-c1ccccc1N. The Morgan fingerprint density at radius 2 is 1.88 bits per heavy atom. The van der Waals surface area contributed by atoms with Gasteiger partial charge in [0.2, 0.25) is 0 Å². The van der Waals surface area contributed by atoms with Gasteiger partial charge in [-0.15, -0.1) is 0 Å². The highest BCUT2D eigenvalue weighted by molar-refractivity contribution is 5.58. The van der Waals surface area contributed by atoms with E-state index in [0.29, 0.717) is 0 Å². The van der Waals surface area contributed by atoms with E-state index in [1.54, 1.807) is 0 Å². The molecule has 0 radical (unpaired) electrons. The van der Waals surface area contributed by atoms with Crippen LogP contribution in [0.1, 0.15) is 26.6 Å². The maximum atomic E-state index is 5.98. The summed E-state index contributed by atoms with van der Waals surface area (Å²) < 4.78 is 2.05. The van der Waals surface area contributed by atoms with Crippen LogP contribution in [0.3, 0.4) is 0 Å². The lowest BCUT2D eigenvalue weighted by Gasteiger charge is -2.20. The summed E-state index contributed by atoms with van der Waals surface area (Å²) in [6.07, 6.45) is 3.76. The number of imidazole rings is 1. The second-order valence-electron chi connectivity index (χ2n) is 4.93.